The fourth-order valence-corrected chi connectivity index (χ4v) is 3.05. The Hall–Kier alpha value is -0.840. The van der Waals surface area contributed by atoms with E-state index in [-0.39, 0.29) is 0 Å². The second-order valence-corrected chi connectivity index (χ2v) is 5.37. The van der Waals surface area contributed by atoms with Crippen molar-refractivity contribution in [1.29, 1.82) is 0 Å². The molecule has 3 heterocycles. The van der Waals surface area contributed by atoms with Gasteiger partial charge in [0.25, 0.3) is 0 Å². The van der Waals surface area contributed by atoms with E-state index in [0.717, 1.165) is 25.4 Å². The fraction of sp³-hybridized carbons (Fsp3) is 0.714. The van der Waals surface area contributed by atoms with Crippen molar-refractivity contribution in [3.05, 3.63) is 24.2 Å². The fourth-order valence-electron chi connectivity index (χ4n) is 3.05. The number of furan rings is 1. The smallest absolute Gasteiger partial charge is 0.122 e. The van der Waals surface area contributed by atoms with Crippen molar-refractivity contribution in [3.8, 4) is 0 Å². The quantitative estimate of drug-likeness (QED) is 0.827. The minimum atomic E-state index is 0.406. The summed E-state index contributed by atoms with van der Waals surface area (Å²) in [5.41, 5.74) is 0. The maximum absolute atomic E-state index is 5.63. The Balaban J connectivity index is 1.61. The average Bonchev–Trinajstić information content (AvgIpc) is 3.14. The number of hydrogen-bond donors (Lipinski definition) is 2. The van der Waals surface area contributed by atoms with Gasteiger partial charge < -0.3 is 15.1 Å². The number of hydrogen-bond acceptors (Lipinski definition) is 4. The zero-order valence-electron chi connectivity index (χ0n) is 10.9. The Morgan fingerprint density at radius 1 is 1.44 bits per heavy atom. The SMILES string of the molecule is c1coc(C(CNC2CCNC2)N2CCCC2)c1. The molecule has 2 aliphatic rings. The lowest BCUT2D eigenvalue weighted by Crippen LogP contribution is -2.39. The van der Waals surface area contributed by atoms with Gasteiger partial charge in [-0.3, -0.25) is 4.90 Å². The molecule has 1 aromatic heterocycles. The van der Waals surface area contributed by atoms with E-state index in [1.54, 1.807) is 6.26 Å². The van der Waals surface area contributed by atoms with Crippen molar-refractivity contribution in [2.75, 3.05) is 32.7 Å². The van der Waals surface area contributed by atoms with E-state index in [2.05, 4.69) is 21.6 Å². The van der Waals surface area contributed by atoms with Gasteiger partial charge in [0.15, 0.2) is 0 Å². The van der Waals surface area contributed by atoms with E-state index in [1.807, 2.05) is 6.07 Å². The molecular weight excluding hydrogens is 226 g/mol. The van der Waals surface area contributed by atoms with Gasteiger partial charge in [0.1, 0.15) is 5.76 Å². The van der Waals surface area contributed by atoms with Crippen LogP contribution in [0.1, 0.15) is 31.1 Å². The normalized spacial score (nSPS) is 26.8. The van der Waals surface area contributed by atoms with Crippen LogP contribution in [0.25, 0.3) is 0 Å². The molecule has 2 unspecified atom stereocenters. The van der Waals surface area contributed by atoms with Gasteiger partial charge in [0.05, 0.1) is 12.3 Å². The minimum Gasteiger partial charge on any atom is -0.468 e. The predicted octanol–water partition coefficient (Wildman–Crippen LogP) is 1.37. The van der Waals surface area contributed by atoms with E-state index in [9.17, 15) is 0 Å². The van der Waals surface area contributed by atoms with E-state index >= 15 is 0 Å². The molecule has 2 atom stereocenters. The third kappa shape index (κ3) is 2.76. The summed E-state index contributed by atoms with van der Waals surface area (Å²) in [6.07, 6.45) is 5.67. The molecular formula is C14H23N3O. The van der Waals surface area contributed by atoms with Crippen molar-refractivity contribution in [1.82, 2.24) is 15.5 Å². The summed E-state index contributed by atoms with van der Waals surface area (Å²) in [6, 6.07) is 5.14. The Morgan fingerprint density at radius 3 is 3.00 bits per heavy atom. The highest BCUT2D eigenvalue weighted by molar-refractivity contribution is 5.06. The van der Waals surface area contributed by atoms with Crippen LogP contribution in [-0.4, -0.2) is 43.7 Å². The third-order valence-corrected chi connectivity index (χ3v) is 4.11. The second-order valence-electron chi connectivity index (χ2n) is 5.37. The van der Waals surface area contributed by atoms with Gasteiger partial charge in [0.2, 0.25) is 0 Å². The van der Waals surface area contributed by atoms with Crippen LogP contribution in [0.2, 0.25) is 0 Å². The highest BCUT2D eigenvalue weighted by Gasteiger charge is 2.26. The molecule has 2 aliphatic heterocycles. The lowest BCUT2D eigenvalue weighted by molar-refractivity contribution is 0.205. The largest absolute Gasteiger partial charge is 0.468 e. The summed E-state index contributed by atoms with van der Waals surface area (Å²) < 4.78 is 5.63. The molecule has 0 radical (unpaired) electrons. The molecule has 0 bridgehead atoms. The van der Waals surface area contributed by atoms with Crippen LogP contribution < -0.4 is 10.6 Å². The van der Waals surface area contributed by atoms with Gasteiger partial charge in [-0.05, 0) is 51.0 Å². The Labute approximate surface area is 109 Å². The first-order chi connectivity index (χ1) is 8.93. The summed E-state index contributed by atoms with van der Waals surface area (Å²) in [7, 11) is 0. The van der Waals surface area contributed by atoms with Crippen molar-refractivity contribution in [2.45, 2.75) is 31.3 Å². The van der Waals surface area contributed by atoms with E-state index < -0.39 is 0 Å². The van der Waals surface area contributed by atoms with Crippen LogP contribution >= 0.6 is 0 Å². The first kappa shape index (κ1) is 12.2. The molecule has 0 aromatic carbocycles. The summed E-state index contributed by atoms with van der Waals surface area (Å²) in [5, 5.41) is 7.08. The van der Waals surface area contributed by atoms with E-state index in [4.69, 9.17) is 4.42 Å². The van der Waals surface area contributed by atoms with Gasteiger partial charge in [0, 0.05) is 19.1 Å². The van der Waals surface area contributed by atoms with Gasteiger partial charge in [-0.15, -0.1) is 0 Å². The van der Waals surface area contributed by atoms with Crippen LogP contribution in [0.3, 0.4) is 0 Å². The molecule has 0 spiro atoms. The van der Waals surface area contributed by atoms with Gasteiger partial charge >= 0.3 is 0 Å². The monoisotopic (exact) mass is 249 g/mol. The van der Waals surface area contributed by atoms with Gasteiger partial charge in [-0.25, -0.2) is 0 Å². The molecule has 18 heavy (non-hydrogen) atoms. The van der Waals surface area contributed by atoms with Crippen LogP contribution in [0.5, 0.6) is 0 Å². The molecule has 100 valence electrons. The van der Waals surface area contributed by atoms with Crippen molar-refractivity contribution in [2.24, 2.45) is 0 Å². The molecule has 0 saturated carbocycles. The van der Waals surface area contributed by atoms with Crippen LogP contribution in [-0.2, 0) is 0 Å². The van der Waals surface area contributed by atoms with Gasteiger partial charge in [-0.1, -0.05) is 0 Å². The molecule has 0 aliphatic carbocycles. The van der Waals surface area contributed by atoms with E-state index in [1.165, 1.54) is 32.4 Å². The first-order valence-corrected chi connectivity index (χ1v) is 7.15. The minimum absolute atomic E-state index is 0.406. The van der Waals surface area contributed by atoms with Crippen LogP contribution in [0.4, 0.5) is 0 Å². The lowest BCUT2D eigenvalue weighted by Gasteiger charge is -2.27. The summed E-state index contributed by atoms with van der Waals surface area (Å²) >= 11 is 0. The average molecular weight is 249 g/mol. The molecule has 1 aromatic rings. The zero-order valence-corrected chi connectivity index (χ0v) is 10.9. The molecule has 3 rings (SSSR count). The van der Waals surface area contributed by atoms with Crippen LogP contribution in [0, 0.1) is 0 Å². The topological polar surface area (TPSA) is 40.4 Å². The maximum atomic E-state index is 5.63. The third-order valence-electron chi connectivity index (χ3n) is 4.11. The summed E-state index contributed by atoms with van der Waals surface area (Å²) in [6.45, 7) is 5.66. The number of rotatable bonds is 5. The summed E-state index contributed by atoms with van der Waals surface area (Å²) in [5.74, 6) is 1.11. The van der Waals surface area contributed by atoms with Crippen LogP contribution in [0.15, 0.2) is 22.8 Å². The predicted molar refractivity (Wildman–Crippen MR) is 71.5 cm³/mol. The highest BCUT2D eigenvalue weighted by Crippen LogP contribution is 2.25. The number of nitrogens with one attached hydrogen (secondary N) is 2. The Bertz CT molecular complexity index is 340. The highest BCUT2D eigenvalue weighted by atomic mass is 16.3. The summed E-state index contributed by atoms with van der Waals surface area (Å²) in [4.78, 5) is 2.55. The van der Waals surface area contributed by atoms with E-state index in [0.29, 0.717) is 12.1 Å². The molecule has 2 saturated heterocycles. The molecule has 2 fully saturated rings. The zero-order chi connectivity index (χ0) is 12.2. The molecule has 0 amide bonds. The standard InChI is InChI=1S/C14H23N3O/c1-2-8-17(7-1)13(14-4-3-9-18-14)11-16-12-5-6-15-10-12/h3-4,9,12-13,15-16H,1-2,5-8,10-11H2. The lowest BCUT2D eigenvalue weighted by atomic mass is 10.1. The first-order valence-electron chi connectivity index (χ1n) is 7.15. The Kier molecular flexibility index (Phi) is 3.98. The van der Waals surface area contributed by atoms with Crippen molar-refractivity contribution in [3.63, 3.8) is 0 Å². The maximum Gasteiger partial charge on any atom is 0.122 e. The molecule has 4 heteroatoms. The Morgan fingerprint density at radius 2 is 2.33 bits per heavy atom. The number of nitrogens with zero attached hydrogens (tertiary/aromatic N) is 1. The number of likely N-dealkylation sites (tertiary alicyclic amines) is 1. The second kappa shape index (κ2) is 5.87. The van der Waals surface area contributed by atoms with Crippen molar-refractivity contribution < 1.29 is 4.42 Å². The molecule has 2 N–H and O–H groups in total. The van der Waals surface area contributed by atoms with Gasteiger partial charge in [-0.2, -0.15) is 0 Å². The van der Waals surface area contributed by atoms with Crippen molar-refractivity contribution >= 4 is 0 Å². The molecule has 4 nitrogen and oxygen atoms in total.